The van der Waals surface area contributed by atoms with Crippen LogP contribution in [0.2, 0.25) is 0 Å². The van der Waals surface area contributed by atoms with Crippen molar-refractivity contribution in [3.63, 3.8) is 0 Å². The summed E-state index contributed by atoms with van der Waals surface area (Å²) in [5, 5.41) is 19.9. The van der Waals surface area contributed by atoms with Gasteiger partial charge in [-0.2, -0.15) is 0 Å². The third-order valence-electron chi connectivity index (χ3n) is 6.16. The molecule has 21 heavy (non-hydrogen) atoms. The fourth-order valence-corrected chi connectivity index (χ4v) is 4.80. The molecule has 3 fully saturated rings. The Bertz CT molecular complexity index is 376. The summed E-state index contributed by atoms with van der Waals surface area (Å²) >= 11 is 0. The number of carbonyl (C=O) groups is 1. The number of carboxylic acids is 1. The Morgan fingerprint density at radius 3 is 2.38 bits per heavy atom. The SMILES string of the molecule is O=C(O)C1CCC(O)(CN2CCC3CCCCC3C2)CC1. The number of hydrogen-bond donors (Lipinski definition) is 2. The Morgan fingerprint density at radius 1 is 1.05 bits per heavy atom. The number of hydrogen-bond acceptors (Lipinski definition) is 3. The van der Waals surface area contributed by atoms with E-state index in [2.05, 4.69) is 4.90 Å². The number of likely N-dealkylation sites (tertiary alicyclic amines) is 1. The number of aliphatic carboxylic acids is 1. The lowest BCUT2D eigenvalue weighted by atomic mass is 9.74. The van der Waals surface area contributed by atoms with Gasteiger partial charge in [0.05, 0.1) is 11.5 Å². The average molecular weight is 295 g/mol. The number of nitrogens with zero attached hydrogens (tertiary/aromatic N) is 1. The summed E-state index contributed by atoms with van der Waals surface area (Å²) < 4.78 is 0. The van der Waals surface area contributed by atoms with Crippen LogP contribution < -0.4 is 0 Å². The molecular weight excluding hydrogens is 266 g/mol. The van der Waals surface area contributed by atoms with Crippen LogP contribution in [0.15, 0.2) is 0 Å². The largest absolute Gasteiger partial charge is 0.481 e. The summed E-state index contributed by atoms with van der Waals surface area (Å²) in [6.07, 6.45) is 9.39. The minimum Gasteiger partial charge on any atom is -0.481 e. The zero-order chi connectivity index (χ0) is 14.9. The van der Waals surface area contributed by atoms with Crippen molar-refractivity contribution in [3.05, 3.63) is 0 Å². The monoisotopic (exact) mass is 295 g/mol. The van der Waals surface area contributed by atoms with E-state index in [9.17, 15) is 9.90 Å². The van der Waals surface area contributed by atoms with Gasteiger partial charge in [-0.1, -0.05) is 19.3 Å². The van der Waals surface area contributed by atoms with Crippen molar-refractivity contribution in [2.24, 2.45) is 17.8 Å². The molecule has 0 spiro atoms. The zero-order valence-electron chi connectivity index (χ0n) is 13.0. The maximum atomic E-state index is 11.0. The highest BCUT2D eigenvalue weighted by atomic mass is 16.4. The van der Waals surface area contributed by atoms with Crippen molar-refractivity contribution in [2.75, 3.05) is 19.6 Å². The molecule has 0 aromatic carbocycles. The van der Waals surface area contributed by atoms with E-state index in [-0.39, 0.29) is 5.92 Å². The van der Waals surface area contributed by atoms with Crippen LogP contribution in [0.4, 0.5) is 0 Å². The molecular formula is C17H29NO3. The van der Waals surface area contributed by atoms with Gasteiger partial charge in [-0.3, -0.25) is 4.79 Å². The van der Waals surface area contributed by atoms with E-state index >= 15 is 0 Å². The van der Waals surface area contributed by atoms with Crippen molar-refractivity contribution in [3.8, 4) is 0 Å². The first kappa shape index (κ1) is 15.3. The van der Waals surface area contributed by atoms with Crippen molar-refractivity contribution in [2.45, 2.75) is 63.4 Å². The molecule has 2 aliphatic carbocycles. The third-order valence-corrected chi connectivity index (χ3v) is 6.16. The molecule has 2 N–H and O–H groups in total. The van der Waals surface area contributed by atoms with Crippen LogP contribution in [-0.4, -0.2) is 46.3 Å². The van der Waals surface area contributed by atoms with Crippen LogP contribution in [0, 0.1) is 17.8 Å². The van der Waals surface area contributed by atoms with Crippen molar-refractivity contribution < 1.29 is 15.0 Å². The number of carboxylic acid groups (broad SMARTS) is 1. The Labute approximate surface area is 127 Å². The van der Waals surface area contributed by atoms with Crippen LogP contribution in [0.5, 0.6) is 0 Å². The van der Waals surface area contributed by atoms with Gasteiger partial charge in [0, 0.05) is 13.1 Å². The van der Waals surface area contributed by atoms with E-state index < -0.39 is 11.6 Å². The van der Waals surface area contributed by atoms with Crippen molar-refractivity contribution in [1.29, 1.82) is 0 Å². The molecule has 1 aliphatic heterocycles. The number of β-amino-alcohol motifs (C(OH)–C–C–N with tert-alkyl or cyclic N) is 1. The maximum Gasteiger partial charge on any atom is 0.306 e. The molecule has 0 bridgehead atoms. The van der Waals surface area contributed by atoms with Gasteiger partial charge in [0.15, 0.2) is 0 Å². The quantitative estimate of drug-likeness (QED) is 0.840. The molecule has 1 saturated heterocycles. The van der Waals surface area contributed by atoms with E-state index in [1.807, 2.05) is 0 Å². The lowest BCUT2D eigenvalue weighted by Gasteiger charge is -2.45. The molecule has 3 rings (SSSR count). The van der Waals surface area contributed by atoms with E-state index in [4.69, 9.17) is 5.11 Å². The molecule has 4 heteroatoms. The van der Waals surface area contributed by atoms with E-state index in [1.165, 1.54) is 32.1 Å². The van der Waals surface area contributed by atoms with Gasteiger partial charge in [0.1, 0.15) is 0 Å². The lowest BCUT2D eigenvalue weighted by molar-refractivity contribution is -0.145. The first-order chi connectivity index (χ1) is 10.1. The van der Waals surface area contributed by atoms with E-state index in [1.54, 1.807) is 0 Å². The van der Waals surface area contributed by atoms with Gasteiger partial charge < -0.3 is 15.1 Å². The second-order valence-corrected chi connectivity index (χ2v) is 7.67. The molecule has 2 atom stereocenters. The Morgan fingerprint density at radius 2 is 1.71 bits per heavy atom. The Hall–Kier alpha value is -0.610. The summed E-state index contributed by atoms with van der Waals surface area (Å²) in [4.78, 5) is 13.5. The lowest BCUT2D eigenvalue weighted by Crippen LogP contribution is -2.50. The summed E-state index contributed by atoms with van der Waals surface area (Å²) in [6.45, 7) is 3.02. The number of rotatable bonds is 3. The highest BCUT2D eigenvalue weighted by Gasteiger charge is 2.39. The molecule has 120 valence electrons. The van der Waals surface area contributed by atoms with Gasteiger partial charge in [-0.15, -0.1) is 0 Å². The highest BCUT2D eigenvalue weighted by Crippen LogP contribution is 2.38. The van der Waals surface area contributed by atoms with Crippen molar-refractivity contribution >= 4 is 5.97 Å². The van der Waals surface area contributed by atoms with Gasteiger partial charge in [0.2, 0.25) is 0 Å². The third kappa shape index (κ3) is 3.59. The van der Waals surface area contributed by atoms with Crippen molar-refractivity contribution in [1.82, 2.24) is 4.90 Å². The normalized spacial score (nSPS) is 41.5. The smallest absolute Gasteiger partial charge is 0.306 e. The number of piperidine rings is 1. The average Bonchev–Trinajstić information content (AvgIpc) is 2.47. The molecule has 4 nitrogen and oxygen atoms in total. The van der Waals surface area contributed by atoms with Crippen LogP contribution in [-0.2, 0) is 4.79 Å². The molecule has 0 amide bonds. The zero-order valence-corrected chi connectivity index (χ0v) is 13.0. The Balaban J connectivity index is 1.51. The van der Waals surface area contributed by atoms with Crippen LogP contribution in [0.1, 0.15) is 57.8 Å². The van der Waals surface area contributed by atoms with Crippen LogP contribution >= 0.6 is 0 Å². The molecule has 0 radical (unpaired) electrons. The first-order valence-electron chi connectivity index (χ1n) is 8.73. The summed E-state index contributed by atoms with van der Waals surface area (Å²) in [7, 11) is 0. The van der Waals surface area contributed by atoms with Gasteiger partial charge >= 0.3 is 5.97 Å². The van der Waals surface area contributed by atoms with Gasteiger partial charge in [-0.25, -0.2) is 0 Å². The molecule has 0 aromatic heterocycles. The van der Waals surface area contributed by atoms with Crippen LogP contribution in [0.25, 0.3) is 0 Å². The topological polar surface area (TPSA) is 60.8 Å². The fourth-order valence-electron chi connectivity index (χ4n) is 4.80. The first-order valence-corrected chi connectivity index (χ1v) is 8.73. The minimum atomic E-state index is -0.694. The second-order valence-electron chi connectivity index (χ2n) is 7.67. The maximum absolute atomic E-state index is 11.0. The number of aliphatic hydroxyl groups is 1. The van der Waals surface area contributed by atoms with E-state index in [0.717, 1.165) is 31.5 Å². The van der Waals surface area contributed by atoms with Crippen LogP contribution in [0.3, 0.4) is 0 Å². The summed E-state index contributed by atoms with van der Waals surface area (Å²) in [6, 6.07) is 0. The highest BCUT2D eigenvalue weighted by molar-refractivity contribution is 5.70. The molecule has 0 aromatic rings. The van der Waals surface area contributed by atoms with E-state index in [0.29, 0.717) is 25.7 Å². The molecule has 2 unspecified atom stereocenters. The molecule has 1 heterocycles. The van der Waals surface area contributed by atoms with Gasteiger partial charge in [0.25, 0.3) is 0 Å². The second kappa shape index (κ2) is 6.25. The summed E-state index contributed by atoms with van der Waals surface area (Å²) in [5.41, 5.74) is -0.645. The standard InChI is InChI=1S/C17H29NO3/c19-16(20)14-5-8-17(21,9-6-14)12-18-10-7-13-3-1-2-4-15(13)11-18/h13-15,21H,1-12H2,(H,19,20). The minimum absolute atomic E-state index is 0.241. The fraction of sp³-hybridized carbons (Fsp3) is 0.941. The molecule has 2 saturated carbocycles. The predicted molar refractivity (Wildman–Crippen MR) is 81.0 cm³/mol. The molecule has 3 aliphatic rings. The predicted octanol–water partition coefficient (Wildman–Crippen LogP) is 2.50. The number of fused-ring (bicyclic) bond motifs is 1. The summed E-state index contributed by atoms with van der Waals surface area (Å²) in [5.74, 6) is 0.827. The Kier molecular flexibility index (Phi) is 4.55. The van der Waals surface area contributed by atoms with Gasteiger partial charge in [-0.05, 0) is 56.9 Å².